The molecule has 0 unspecified atom stereocenters. The van der Waals surface area contributed by atoms with E-state index in [1.54, 1.807) is 29.5 Å². The van der Waals surface area contributed by atoms with Crippen molar-refractivity contribution in [1.82, 2.24) is 10.2 Å². The number of amides is 1. The van der Waals surface area contributed by atoms with E-state index in [4.69, 9.17) is 13.9 Å². The van der Waals surface area contributed by atoms with E-state index < -0.39 is 5.25 Å². The Morgan fingerprint density at radius 2 is 2.06 bits per heavy atom. The summed E-state index contributed by atoms with van der Waals surface area (Å²) < 4.78 is 16.9. The van der Waals surface area contributed by atoms with E-state index in [-0.39, 0.29) is 5.91 Å². The van der Waals surface area contributed by atoms with Crippen molar-refractivity contribution in [2.45, 2.75) is 43.6 Å². The fourth-order valence-corrected chi connectivity index (χ4v) is 5.55. The van der Waals surface area contributed by atoms with Gasteiger partial charge in [0, 0.05) is 16.6 Å². The number of nitrogens with zero attached hydrogens (tertiary/aromatic N) is 2. The number of anilines is 1. The van der Waals surface area contributed by atoms with Gasteiger partial charge in [-0.05, 0) is 55.9 Å². The van der Waals surface area contributed by atoms with Gasteiger partial charge < -0.3 is 19.2 Å². The number of hydrogen-bond acceptors (Lipinski definition) is 8. The van der Waals surface area contributed by atoms with E-state index in [1.807, 2.05) is 6.92 Å². The molecule has 0 bridgehead atoms. The van der Waals surface area contributed by atoms with Crippen molar-refractivity contribution in [3.05, 3.63) is 34.7 Å². The number of carbonyl (C=O) groups excluding carboxylic acids is 1. The van der Waals surface area contributed by atoms with Gasteiger partial charge in [0.25, 0.3) is 11.1 Å². The Bertz CT molecular complexity index is 1110. The van der Waals surface area contributed by atoms with Crippen LogP contribution in [0.2, 0.25) is 0 Å². The topological polar surface area (TPSA) is 86.5 Å². The highest BCUT2D eigenvalue weighted by molar-refractivity contribution is 8.00. The van der Waals surface area contributed by atoms with Crippen molar-refractivity contribution >= 4 is 34.7 Å². The average Bonchev–Trinajstić information content (AvgIpc) is 3.40. The summed E-state index contributed by atoms with van der Waals surface area (Å²) in [5.74, 6) is 2.42. The van der Waals surface area contributed by atoms with Gasteiger partial charge in [0.2, 0.25) is 5.91 Å². The Morgan fingerprint density at radius 3 is 2.94 bits per heavy atom. The van der Waals surface area contributed by atoms with Gasteiger partial charge in [-0.2, -0.15) is 0 Å². The van der Waals surface area contributed by atoms with Crippen LogP contribution in [0.1, 0.15) is 30.7 Å². The summed E-state index contributed by atoms with van der Waals surface area (Å²) in [6, 6.07) is 7.55. The quantitative estimate of drug-likeness (QED) is 0.550. The molecule has 1 N–H and O–H groups in total. The summed E-state index contributed by atoms with van der Waals surface area (Å²) in [5.41, 5.74) is 2.06. The number of nitrogens with one attached hydrogen (secondary N) is 1. The van der Waals surface area contributed by atoms with Crippen molar-refractivity contribution in [3.63, 3.8) is 0 Å². The molecule has 0 saturated carbocycles. The lowest BCUT2D eigenvalue weighted by Gasteiger charge is -2.19. The number of aromatic nitrogens is 2. The Labute approximate surface area is 188 Å². The van der Waals surface area contributed by atoms with Crippen LogP contribution >= 0.6 is 23.1 Å². The van der Waals surface area contributed by atoms with Crippen LogP contribution in [0, 0.1) is 5.92 Å². The van der Waals surface area contributed by atoms with Gasteiger partial charge in [0.1, 0.15) is 13.2 Å². The summed E-state index contributed by atoms with van der Waals surface area (Å²) in [6.45, 7) is 5.14. The van der Waals surface area contributed by atoms with Crippen LogP contribution in [0.25, 0.3) is 10.8 Å². The predicted octanol–water partition coefficient (Wildman–Crippen LogP) is 4.81. The third-order valence-corrected chi connectivity index (χ3v) is 7.56. The maximum absolute atomic E-state index is 12.6. The minimum atomic E-state index is -0.404. The second-order valence-corrected chi connectivity index (χ2v) is 10.3. The Balaban J connectivity index is 1.22. The van der Waals surface area contributed by atoms with Crippen molar-refractivity contribution in [1.29, 1.82) is 0 Å². The predicted molar refractivity (Wildman–Crippen MR) is 120 cm³/mol. The average molecular weight is 458 g/mol. The molecule has 1 aromatic carbocycles. The molecular weight excluding hydrogens is 434 g/mol. The molecular formula is C22H23N3O4S2. The molecule has 1 aliphatic heterocycles. The first-order valence-corrected chi connectivity index (χ1v) is 12.1. The van der Waals surface area contributed by atoms with Crippen LogP contribution < -0.4 is 14.8 Å². The Kier molecular flexibility index (Phi) is 5.62. The molecule has 0 spiro atoms. The molecule has 1 aliphatic carbocycles. The maximum atomic E-state index is 12.6. The van der Waals surface area contributed by atoms with Crippen molar-refractivity contribution in [2.24, 2.45) is 5.92 Å². The zero-order chi connectivity index (χ0) is 21.4. The smallest absolute Gasteiger partial charge is 0.277 e. The summed E-state index contributed by atoms with van der Waals surface area (Å²) in [4.78, 5) is 15.1. The maximum Gasteiger partial charge on any atom is 0.277 e. The fraction of sp³-hybridized carbons (Fsp3) is 0.409. The molecule has 2 aliphatic rings. The van der Waals surface area contributed by atoms with Crippen molar-refractivity contribution in [2.75, 3.05) is 18.5 Å². The van der Waals surface area contributed by atoms with E-state index in [9.17, 15) is 4.79 Å². The first-order valence-electron chi connectivity index (χ1n) is 10.4. The van der Waals surface area contributed by atoms with Crippen LogP contribution in [0.5, 0.6) is 11.5 Å². The third kappa shape index (κ3) is 4.43. The standard InChI is InChI=1S/C22H23N3O4S2/c1-12-3-6-18-14(9-12)10-19(31-18)21-24-25-22(29-21)30-13(2)20(26)23-15-4-5-16-17(11-15)28-8-7-27-16/h4-5,10-13H,3,6-9H2,1-2H3,(H,23,26)/t12-,13-/m0/s1. The van der Waals surface area contributed by atoms with Crippen LogP contribution in [0.15, 0.2) is 33.9 Å². The van der Waals surface area contributed by atoms with Crippen LogP contribution in [0.3, 0.4) is 0 Å². The molecule has 9 heteroatoms. The largest absolute Gasteiger partial charge is 0.486 e. The van der Waals surface area contributed by atoms with Crippen LogP contribution in [-0.4, -0.2) is 34.6 Å². The van der Waals surface area contributed by atoms with E-state index in [0.717, 1.165) is 23.6 Å². The molecule has 2 atom stereocenters. The Hall–Kier alpha value is -2.52. The second-order valence-electron chi connectivity index (χ2n) is 7.89. The third-order valence-electron chi connectivity index (χ3n) is 5.40. The molecule has 0 saturated heterocycles. The van der Waals surface area contributed by atoms with Gasteiger partial charge in [-0.3, -0.25) is 4.79 Å². The first kappa shape index (κ1) is 20.4. The summed E-state index contributed by atoms with van der Waals surface area (Å²) in [6.07, 6.45) is 3.46. The normalized spacial score (nSPS) is 18.3. The number of aryl methyl sites for hydroxylation is 1. The lowest BCUT2D eigenvalue weighted by atomic mass is 9.90. The molecule has 31 heavy (non-hydrogen) atoms. The molecule has 0 fully saturated rings. The van der Waals surface area contributed by atoms with E-state index in [1.165, 1.54) is 28.6 Å². The number of hydrogen-bond donors (Lipinski definition) is 1. The lowest BCUT2D eigenvalue weighted by Crippen LogP contribution is -2.22. The summed E-state index contributed by atoms with van der Waals surface area (Å²) in [7, 11) is 0. The molecule has 0 radical (unpaired) electrons. The van der Waals surface area contributed by atoms with Crippen LogP contribution in [0.4, 0.5) is 5.69 Å². The summed E-state index contributed by atoms with van der Waals surface area (Å²) >= 11 is 2.98. The molecule has 5 rings (SSSR count). The highest BCUT2D eigenvalue weighted by atomic mass is 32.2. The second kappa shape index (κ2) is 8.55. The molecule has 7 nitrogen and oxygen atoms in total. The number of carbonyl (C=O) groups is 1. The fourth-order valence-electron chi connectivity index (χ4n) is 3.74. The zero-order valence-electron chi connectivity index (χ0n) is 17.3. The van der Waals surface area contributed by atoms with Crippen molar-refractivity contribution in [3.8, 4) is 22.3 Å². The van der Waals surface area contributed by atoms with Crippen molar-refractivity contribution < 1.29 is 18.7 Å². The monoisotopic (exact) mass is 457 g/mol. The number of thioether (sulfide) groups is 1. The molecule has 162 valence electrons. The summed E-state index contributed by atoms with van der Waals surface area (Å²) in [5, 5.41) is 11.2. The highest BCUT2D eigenvalue weighted by Gasteiger charge is 2.23. The van der Waals surface area contributed by atoms with Gasteiger partial charge in [-0.25, -0.2) is 0 Å². The zero-order valence-corrected chi connectivity index (χ0v) is 19.0. The van der Waals surface area contributed by atoms with E-state index >= 15 is 0 Å². The van der Waals surface area contributed by atoms with E-state index in [2.05, 4.69) is 28.5 Å². The van der Waals surface area contributed by atoms with Crippen LogP contribution in [-0.2, 0) is 17.6 Å². The van der Waals surface area contributed by atoms with Gasteiger partial charge in [0.05, 0.1) is 10.1 Å². The number of ether oxygens (including phenoxy) is 2. The number of rotatable bonds is 5. The first-order chi connectivity index (χ1) is 15.0. The number of benzene rings is 1. The van der Waals surface area contributed by atoms with Gasteiger partial charge in [-0.15, -0.1) is 21.5 Å². The minimum absolute atomic E-state index is 0.151. The lowest BCUT2D eigenvalue weighted by molar-refractivity contribution is -0.115. The van der Waals surface area contributed by atoms with Gasteiger partial charge >= 0.3 is 0 Å². The molecule has 2 aromatic heterocycles. The highest BCUT2D eigenvalue weighted by Crippen LogP contribution is 2.38. The SMILES string of the molecule is C[C@H]1CCc2sc(-c3nnc(S[C@@H](C)C(=O)Nc4ccc5c(c4)OCCO5)o3)cc2C1. The molecule has 3 aromatic rings. The minimum Gasteiger partial charge on any atom is -0.486 e. The van der Waals surface area contributed by atoms with E-state index in [0.29, 0.717) is 41.5 Å². The van der Waals surface area contributed by atoms with Gasteiger partial charge in [-0.1, -0.05) is 18.7 Å². The number of fused-ring (bicyclic) bond motifs is 2. The van der Waals surface area contributed by atoms with Gasteiger partial charge in [0.15, 0.2) is 11.5 Å². The Morgan fingerprint density at radius 1 is 1.23 bits per heavy atom. The molecule has 3 heterocycles. The molecule has 1 amide bonds. The number of thiophene rings is 1.